The zero-order valence-corrected chi connectivity index (χ0v) is 11.2. The van der Waals surface area contributed by atoms with Crippen molar-refractivity contribution >= 4 is 5.69 Å². The first-order valence-electron chi connectivity index (χ1n) is 6.39. The number of nitrogens with one attached hydrogen (secondary N) is 1. The molecule has 7 heteroatoms. The molecule has 0 aliphatic rings. The molecule has 3 aromatic rings. The summed E-state index contributed by atoms with van der Waals surface area (Å²) in [7, 11) is 0. The second kappa shape index (κ2) is 5.18. The molecule has 0 radical (unpaired) electrons. The van der Waals surface area contributed by atoms with Gasteiger partial charge in [0.15, 0.2) is 11.6 Å². The van der Waals surface area contributed by atoms with Gasteiger partial charge < -0.3 is 5.73 Å². The van der Waals surface area contributed by atoms with Crippen molar-refractivity contribution in [2.45, 2.75) is 6.18 Å². The van der Waals surface area contributed by atoms with Crippen LogP contribution < -0.4 is 5.73 Å². The van der Waals surface area contributed by atoms with Crippen LogP contribution in [0.4, 0.5) is 18.9 Å². The Morgan fingerprint density at radius 1 is 0.864 bits per heavy atom. The van der Waals surface area contributed by atoms with Gasteiger partial charge in [0.1, 0.15) is 0 Å². The Morgan fingerprint density at radius 3 is 2.05 bits per heavy atom. The molecular formula is C15H11F3N4. The first-order valence-corrected chi connectivity index (χ1v) is 6.39. The Labute approximate surface area is 123 Å². The summed E-state index contributed by atoms with van der Waals surface area (Å²) in [5, 5.41) is 6.78. The van der Waals surface area contributed by atoms with Crippen LogP contribution in [0.5, 0.6) is 0 Å². The molecule has 0 saturated carbocycles. The molecule has 3 N–H and O–H groups in total. The number of nitrogens with zero attached hydrogens (tertiary/aromatic N) is 2. The van der Waals surface area contributed by atoms with Crippen molar-refractivity contribution < 1.29 is 13.2 Å². The predicted octanol–water partition coefficient (Wildman–Crippen LogP) is 3.74. The molecule has 0 saturated heterocycles. The first kappa shape index (κ1) is 14.1. The topological polar surface area (TPSA) is 67.6 Å². The molecule has 0 atom stereocenters. The highest BCUT2D eigenvalue weighted by Gasteiger charge is 2.30. The number of nitrogens with two attached hydrogens (primary N) is 1. The maximum absolute atomic E-state index is 12.5. The quantitative estimate of drug-likeness (QED) is 0.709. The highest BCUT2D eigenvalue weighted by Crippen LogP contribution is 2.30. The van der Waals surface area contributed by atoms with Crippen LogP contribution in [0, 0.1) is 0 Å². The summed E-state index contributed by atoms with van der Waals surface area (Å²) in [5.74, 6) is 0.857. The van der Waals surface area contributed by atoms with Crippen LogP contribution in [-0.4, -0.2) is 15.2 Å². The van der Waals surface area contributed by atoms with Crippen molar-refractivity contribution in [3.63, 3.8) is 0 Å². The van der Waals surface area contributed by atoms with E-state index in [1.165, 1.54) is 12.1 Å². The van der Waals surface area contributed by atoms with Gasteiger partial charge in [-0.15, -0.1) is 0 Å². The van der Waals surface area contributed by atoms with Crippen LogP contribution in [0.1, 0.15) is 5.56 Å². The lowest BCUT2D eigenvalue weighted by Gasteiger charge is -2.06. The molecule has 3 rings (SSSR count). The summed E-state index contributed by atoms with van der Waals surface area (Å²) in [6.45, 7) is 0. The number of halogens is 3. The Morgan fingerprint density at radius 2 is 1.45 bits per heavy atom. The summed E-state index contributed by atoms with van der Waals surface area (Å²) in [6.07, 6.45) is -4.35. The smallest absolute Gasteiger partial charge is 0.399 e. The van der Waals surface area contributed by atoms with Crippen molar-refractivity contribution in [3.05, 3.63) is 54.1 Å². The number of hydrogen-bond donors (Lipinski definition) is 2. The fraction of sp³-hybridized carbons (Fsp3) is 0.0667. The second-order valence-electron chi connectivity index (χ2n) is 4.70. The van der Waals surface area contributed by atoms with Crippen molar-refractivity contribution in [1.82, 2.24) is 15.2 Å². The van der Waals surface area contributed by atoms with Gasteiger partial charge >= 0.3 is 6.18 Å². The van der Waals surface area contributed by atoms with E-state index in [4.69, 9.17) is 5.73 Å². The molecule has 0 aliphatic heterocycles. The van der Waals surface area contributed by atoms with Crippen LogP contribution >= 0.6 is 0 Å². The molecule has 2 aromatic carbocycles. The number of nitrogen functional groups attached to an aromatic ring is 1. The largest absolute Gasteiger partial charge is 0.416 e. The van der Waals surface area contributed by atoms with Crippen molar-refractivity contribution in [1.29, 1.82) is 0 Å². The van der Waals surface area contributed by atoms with Gasteiger partial charge in [-0.05, 0) is 36.4 Å². The Kier molecular flexibility index (Phi) is 3.32. The molecule has 1 heterocycles. The van der Waals surface area contributed by atoms with Crippen LogP contribution in [0.25, 0.3) is 22.8 Å². The van der Waals surface area contributed by atoms with Gasteiger partial charge in [-0.1, -0.05) is 12.1 Å². The molecule has 4 nitrogen and oxygen atoms in total. The van der Waals surface area contributed by atoms with Gasteiger partial charge in [0, 0.05) is 16.8 Å². The summed E-state index contributed by atoms with van der Waals surface area (Å²) in [4.78, 5) is 4.28. The van der Waals surface area contributed by atoms with Gasteiger partial charge in [-0.3, -0.25) is 5.10 Å². The maximum atomic E-state index is 12.5. The van der Waals surface area contributed by atoms with E-state index in [1.807, 2.05) is 0 Å². The third-order valence-corrected chi connectivity index (χ3v) is 3.14. The number of rotatable bonds is 2. The minimum atomic E-state index is -4.35. The van der Waals surface area contributed by atoms with Crippen LogP contribution in [0.2, 0.25) is 0 Å². The standard InChI is InChI=1S/C15H11F3N4/c16-15(17,18)11-5-1-9(2-6-11)13-20-14(22-21-13)10-3-7-12(19)8-4-10/h1-8H,19H2,(H,20,21,22). The molecule has 0 fully saturated rings. The van der Waals surface area contributed by atoms with Gasteiger partial charge in [0.25, 0.3) is 0 Å². The van der Waals surface area contributed by atoms with E-state index in [2.05, 4.69) is 15.2 Å². The van der Waals surface area contributed by atoms with E-state index < -0.39 is 11.7 Å². The number of hydrogen-bond acceptors (Lipinski definition) is 3. The van der Waals surface area contributed by atoms with E-state index in [-0.39, 0.29) is 0 Å². The molecule has 0 unspecified atom stereocenters. The van der Waals surface area contributed by atoms with E-state index in [0.29, 0.717) is 22.9 Å². The third kappa shape index (κ3) is 2.78. The molecule has 0 spiro atoms. The average Bonchev–Trinajstić information content (AvgIpc) is 2.97. The SMILES string of the molecule is Nc1ccc(-c2n[nH]c(-c3ccc(C(F)(F)F)cc3)n2)cc1. The average molecular weight is 304 g/mol. The molecule has 22 heavy (non-hydrogen) atoms. The fourth-order valence-corrected chi connectivity index (χ4v) is 1.97. The summed E-state index contributed by atoms with van der Waals surface area (Å²) in [5.41, 5.74) is 6.83. The number of anilines is 1. The maximum Gasteiger partial charge on any atom is 0.416 e. The van der Waals surface area contributed by atoms with Gasteiger partial charge in [0.2, 0.25) is 0 Å². The fourth-order valence-electron chi connectivity index (χ4n) is 1.97. The zero-order valence-electron chi connectivity index (χ0n) is 11.2. The molecule has 0 aliphatic carbocycles. The van der Waals surface area contributed by atoms with Crippen LogP contribution in [0.3, 0.4) is 0 Å². The summed E-state index contributed by atoms with van der Waals surface area (Å²) < 4.78 is 37.6. The number of alkyl halides is 3. The van der Waals surface area contributed by atoms with E-state index in [9.17, 15) is 13.2 Å². The Balaban J connectivity index is 1.89. The number of aromatic nitrogens is 3. The minimum Gasteiger partial charge on any atom is -0.399 e. The predicted molar refractivity (Wildman–Crippen MR) is 76.7 cm³/mol. The zero-order chi connectivity index (χ0) is 15.7. The van der Waals surface area contributed by atoms with E-state index in [0.717, 1.165) is 17.7 Å². The summed E-state index contributed by atoms with van der Waals surface area (Å²) in [6, 6.07) is 11.7. The van der Waals surface area contributed by atoms with Crippen molar-refractivity contribution in [3.8, 4) is 22.8 Å². The van der Waals surface area contributed by atoms with Gasteiger partial charge in [0.05, 0.1) is 5.56 Å². The molecule has 0 amide bonds. The lowest BCUT2D eigenvalue weighted by molar-refractivity contribution is -0.137. The lowest BCUT2D eigenvalue weighted by Crippen LogP contribution is -2.04. The van der Waals surface area contributed by atoms with Crippen LogP contribution in [0.15, 0.2) is 48.5 Å². The highest BCUT2D eigenvalue weighted by atomic mass is 19.4. The molecule has 112 valence electrons. The molecule has 0 bridgehead atoms. The van der Waals surface area contributed by atoms with E-state index >= 15 is 0 Å². The number of aromatic amines is 1. The van der Waals surface area contributed by atoms with Crippen LogP contribution in [-0.2, 0) is 6.18 Å². The third-order valence-electron chi connectivity index (χ3n) is 3.14. The molecular weight excluding hydrogens is 293 g/mol. The minimum absolute atomic E-state index is 0.403. The first-order chi connectivity index (χ1) is 10.4. The Hall–Kier alpha value is -2.83. The highest BCUT2D eigenvalue weighted by molar-refractivity contribution is 5.62. The number of H-pyrrole nitrogens is 1. The number of benzene rings is 2. The monoisotopic (exact) mass is 304 g/mol. The van der Waals surface area contributed by atoms with Crippen molar-refractivity contribution in [2.24, 2.45) is 0 Å². The normalized spacial score (nSPS) is 11.6. The summed E-state index contributed by atoms with van der Waals surface area (Å²) >= 11 is 0. The Bertz CT molecular complexity index is 774. The van der Waals surface area contributed by atoms with Crippen molar-refractivity contribution in [2.75, 3.05) is 5.73 Å². The molecule has 1 aromatic heterocycles. The second-order valence-corrected chi connectivity index (χ2v) is 4.70. The lowest BCUT2D eigenvalue weighted by atomic mass is 10.1. The van der Waals surface area contributed by atoms with E-state index in [1.54, 1.807) is 24.3 Å². The van der Waals surface area contributed by atoms with Gasteiger partial charge in [-0.25, -0.2) is 4.98 Å². The van der Waals surface area contributed by atoms with Gasteiger partial charge in [-0.2, -0.15) is 18.3 Å².